The first kappa shape index (κ1) is 15.0. The standard InChI is InChI=1S/C13H19ClN4O2/c1-5-7-9(20-6-2)18-11-10(8(3)16-18)12(19)17(4)13(14)15-11/h9H,5-7H2,1-4H3. The lowest BCUT2D eigenvalue weighted by molar-refractivity contribution is -0.00235. The van der Waals surface area contributed by atoms with Crippen LogP contribution in [0.2, 0.25) is 5.28 Å². The second kappa shape index (κ2) is 5.93. The molecule has 1 unspecified atom stereocenters. The van der Waals surface area contributed by atoms with Gasteiger partial charge < -0.3 is 4.74 Å². The lowest BCUT2D eigenvalue weighted by Crippen LogP contribution is -2.20. The van der Waals surface area contributed by atoms with E-state index >= 15 is 0 Å². The minimum Gasteiger partial charge on any atom is -0.357 e. The van der Waals surface area contributed by atoms with Crippen molar-refractivity contribution in [1.82, 2.24) is 19.3 Å². The van der Waals surface area contributed by atoms with E-state index in [1.807, 2.05) is 6.92 Å². The molecule has 2 heterocycles. The monoisotopic (exact) mass is 298 g/mol. The van der Waals surface area contributed by atoms with Crippen molar-refractivity contribution in [3.05, 3.63) is 21.3 Å². The predicted molar refractivity (Wildman–Crippen MR) is 78.1 cm³/mol. The number of fused-ring (bicyclic) bond motifs is 1. The van der Waals surface area contributed by atoms with E-state index in [4.69, 9.17) is 16.3 Å². The van der Waals surface area contributed by atoms with Crippen molar-refractivity contribution in [2.24, 2.45) is 7.05 Å². The van der Waals surface area contributed by atoms with Crippen molar-refractivity contribution >= 4 is 22.6 Å². The first-order valence-corrected chi connectivity index (χ1v) is 7.11. The van der Waals surface area contributed by atoms with Crippen molar-refractivity contribution in [3.63, 3.8) is 0 Å². The van der Waals surface area contributed by atoms with Crippen LogP contribution in [0, 0.1) is 6.92 Å². The summed E-state index contributed by atoms with van der Waals surface area (Å²) in [5.41, 5.74) is 0.948. The lowest BCUT2D eigenvalue weighted by Gasteiger charge is -2.17. The van der Waals surface area contributed by atoms with Crippen LogP contribution in [0.5, 0.6) is 0 Å². The molecule has 0 spiro atoms. The van der Waals surface area contributed by atoms with Crippen molar-refractivity contribution in [1.29, 1.82) is 0 Å². The zero-order chi connectivity index (χ0) is 14.9. The highest BCUT2D eigenvalue weighted by Crippen LogP contribution is 2.22. The molecule has 0 saturated heterocycles. The van der Waals surface area contributed by atoms with Gasteiger partial charge in [0.1, 0.15) is 5.39 Å². The van der Waals surface area contributed by atoms with Crippen LogP contribution in [0.25, 0.3) is 11.0 Å². The Labute approximate surface area is 122 Å². The van der Waals surface area contributed by atoms with Gasteiger partial charge in [0.05, 0.1) is 5.69 Å². The fourth-order valence-electron chi connectivity index (χ4n) is 2.22. The molecule has 1 atom stereocenters. The third-order valence-corrected chi connectivity index (χ3v) is 3.56. The minimum atomic E-state index is -0.225. The third kappa shape index (κ3) is 2.45. The molecule has 20 heavy (non-hydrogen) atoms. The zero-order valence-electron chi connectivity index (χ0n) is 12.2. The summed E-state index contributed by atoms with van der Waals surface area (Å²) in [4.78, 5) is 16.6. The second-order valence-electron chi connectivity index (χ2n) is 4.67. The Hall–Kier alpha value is -1.40. The highest BCUT2D eigenvalue weighted by Gasteiger charge is 2.21. The smallest absolute Gasteiger partial charge is 0.265 e. The van der Waals surface area contributed by atoms with Crippen molar-refractivity contribution in [3.8, 4) is 0 Å². The zero-order valence-corrected chi connectivity index (χ0v) is 12.9. The van der Waals surface area contributed by atoms with Crippen LogP contribution < -0.4 is 5.56 Å². The van der Waals surface area contributed by atoms with E-state index in [1.165, 1.54) is 4.57 Å². The molecule has 6 nitrogen and oxygen atoms in total. The summed E-state index contributed by atoms with van der Waals surface area (Å²) in [5.74, 6) is 0. The molecule has 0 amide bonds. The van der Waals surface area contributed by atoms with Gasteiger partial charge in [-0.1, -0.05) is 13.3 Å². The van der Waals surface area contributed by atoms with Crippen molar-refractivity contribution < 1.29 is 4.74 Å². The number of nitrogens with zero attached hydrogens (tertiary/aromatic N) is 4. The Morgan fingerprint density at radius 1 is 1.40 bits per heavy atom. The summed E-state index contributed by atoms with van der Waals surface area (Å²) in [6, 6.07) is 0. The molecule has 0 radical (unpaired) electrons. The number of hydrogen-bond acceptors (Lipinski definition) is 4. The van der Waals surface area contributed by atoms with Crippen LogP contribution in [0.4, 0.5) is 0 Å². The van der Waals surface area contributed by atoms with Gasteiger partial charge in [-0.2, -0.15) is 10.1 Å². The maximum Gasteiger partial charge on any atom is 0.265 e. The first-order chi connectivity index (χ1) is 9.51. The molecular weight excluding hydrogens is 280 g/mol. The molecule has 2 aromatic heterocycles. The fraction of sp³-hybridized carbons (Fsp3) is 0.615. The van der Waals surface area contributed by atoms with Crippen LogP contribution in [-0.2, 0) is 11.8 Å². The van der Waals surface area contributed by atoms with Gasteiger partial charge >= 0.3 is 0 Å². The number of aromatic nitrogens is 4. The molecule has 0 fully saturated rings. The molecule has 2 rings (SSSR count). The van der Waals surface area contributed by atoms with Gasteiger partial charge in [0.2, 0.25) is 5.28 Å². The highest BCUT2D eigenvalue weighted by atomic mass is 35.5. The van der Waals surface area contributed by atoms with Crippen LogP contribution in [0.3, 0.4) is 0 Å². The fourth-order valence-corrected chi connectivity index (χ4v) is 2.38. The SMILES string of the molecule is CCCC(OCC)n1nc(C)c2c(=O)n(C)c(Cl)nc21. The quantitative estimate of drug-likeness (QED) is 0.795. The predicted octanol–water partition coefficient (Wildman–Crippen LogP) is 2.43. The molecule has 0 saturated carbocycles. The topological polar surface area (TPSA) is 61.9 Å². The average Bonchev–Trinajstić information content (AvgIpc) is 2.73. The molecule has 0 aliphatic heterocycles. The molecule has 0 N–H and O–H groups in total. The van der Waals surface area contributed by atoms with E-state index in [-0.39, 0.29) is 17.1 Å². The van der Waals surface area contributed by atoms with E-state index in [1.54, 1.807) is 18.7 Å². The number of aryl methyl sites for hydroxylation is 1. The van der Waals surface area contributed by atoms with E-state index in [2.05, 4.69) is 17.0 Å². The maximum atomic E-state index is 12.3. The van der Waals surface area contributed by atoms with Crippen molar-refractivity contribution in [2.45, 2.75) is 39.8 Å². The van der Waals surface area contributed by atoms with Gasteiger partial charge in [-0.05, 0) is 31.9 Å². The van der Waals surface area contributed by atoms with Gasteiger partial charge in [-0.15, -0.1) is 0 Å². The first-order valence-electron chi connectivity index (χ1n) is 6.74. The Morgan fingerprint density at radius 3 is 2.70 bits per heavy atom. The summed E-state index contributed by atoms with van der Waals surface area (Å²) in [6.07, 6.45) is 1.53. The van der Waals surface area contributed by atoms with Gasteiger partial charge in [-0.3, -0.25) is 9.36 Å². The minimum absolute atomic E-state index is 0.149. The molecule has 110 valence electrons. The van der Waals surface area contributed by atoms with E-state index in [9.17, 15) is 4.79 Å². The molecule has 0 aliphatic rings. The summed E-state index contributed by atoms with van der Waals surface area (Å²) in [6.45, 7) is 6.37. The summed E-state index contributed by atoms with van der Waals surface area (Å²) < 4.78 is 8.70. The highest BCUT2D eigenvalue weighted by molar-refractivity contribution is 6.28. The van der Waals surface area contributed by atoms with E-state index in [0.29, 0.717) is 23.3 Å². The van der Waals surface area contributed by atoms with Crippen LogP contribution in [0.15, 0.2) is 4.79 Å². The average molecular weight is 299 g/mol. The maximum absolute atomic E-state index is 12.3. The Morgan fingerprint density at radius 2 is 2.10 bits per heavy atom. The Balaban J connectivity index is 2.69. The Bertz CT molecular complexity index is 671. The Kier molecular flexibility index (Phi) is 4.45. The number of hydrogen-bond donors (Lipinski definition) is 0. The normalized spacial score (nSPS) is 13.1. The summed E-state index contributed by atoms with van der Waals surface area (Å²) in [7, 11) is 1.60. The van der Waals surface area contributed by atoms with Crippen LogP contribution >= 0.6 is 11.6 Å². The van der Waals surface area contributed by atoms with Gasteiger partial charge in [0.15, 0.2) is 11.9 Å². The third-order valence-electron chi connectivity index (χ3n) is 3.22. The van der Waals surface area contributed by atoms with Crippen LogP contribution in [0.1, 0.15) is 38.6 Å². The second-order valence-corrected chi connectivity index (χ2v) is 5.01. The van der Waals surface area contributed by atoms with Crippen LogP contribution in [-0.4, -0.2) is 25.9 Å². The van der Waals surface area contributed by atoms with Gasteiger partial charge in [-0.25, -0.2) is 4.68 Å². The van der Waals surface area contributed by atoms with Crippen molar-refractivity contribution in [2.75, 3.05) is 6.61 Å². The molecule has 0 aliphatic carbocycles. The molecule has 0 aromatic carbocycles. The van der Waals surface area contributed by atoms with Gasteiger partial charge in [0.25, 0.3) is 5.56 Å². The number of halogens is 1. The summed E-state index contributed by atoms with van der Waals surface area (Å²) in [5, 5.41) is 5.07. The molecular formula is C13H19ClN4O2. The molecule has 7 heteroatoms. The van der Waals surface area contributed by atoms with Gasteiger partial charge in [0, 0.05) is 13.7 Å². The number of rotatable bonds is 5. The van der Waals surface area contributed by atoms with E-state index < -0.39 is 0 Å². The number of ether oxygens (including phenoxy) is 1. The van der Waals surface area contributed by atoms with E-state index in [0.717, 1.165) is 12.8 Å². The lowest BCUT2D eigenvalue weighted by atomic mass is 10.3. The largest absolute Gasteiger partial charge is 0.357 e. The molecule has 0 bridgehead atoms. The summed E-state index contributed by atoms with van der Waals surface area (Å²) >= 11 is 6.00. The molecule has 2 aromatic rings.